The van der Waals surface area contributed by atoms with Gasteiger partial charge in [-0.25, -0.2) is 0 Å². The Morgan fingerprint density at radius 2 is 1.53 bits per heavy atom. The van der Waals surface area contributed by atoms with E-state index in [1.165, 1.54) is 15.9 Å². The third-order valence-corrected chi connectivity index (χ3v) is 14.0. The predicted octanol–water partition coefficient (Wildman–Crippen LogP) is 7.44. The van der Waals surface area contributed by atoms with Gasteiger partial charge in [0.15, 0.2) is 0 Å². The minimum atomic E-state index is -2.55. The van der Waals surface area contributed by atoms with Gasteiger partial charge in [0.2, 0.25) is 0 Å². The Labute approximate surface area is 261 Å². The van der Waals surface area contributed by atoms with Gasteiger partial charge in [0.1, 0.15) is 0 Å². The molecule has 3 aromatic carbocycles. The van der Waals surface area contributed by atoms with Crippen molar-refractivity contribution in [1.82, 2.24) is 0 Å². The topological polar surface area (TPSA) is 47.9 Å². The van der Waals surface area contributed by atoms with Crippen LogP contribution in [0.5, 0.6) is 0 Å². The van der Waals surface area contributed by atoms with Gasteiger partial charge in [-0.1, -0.05) is 131 Å². The molecular formula is C38H52O4Si. The van der Waals surface area contributed by atoms with Crippen molar-refractivity contribution >= 4 is 18.7 Å². The van der Waals surface area contributed by atoms with Crippen molar-refractivity contribution in [2.24, 2.45) is 5.92 Å². The zero-order valence-corrected chi connectivity index (χ0v) is 27.9. The third kappa shape index (κ3) is 8.55. The molecule has 3 aromatic rings. The second kappa shape index (κ2) is 15.5. The molecule has 0 spiro atoms. The van der Waals surface area contributed by atoms with Crippen LogP contribution in [0.4, 0.5) is 0 Å². The van der Waals surface area contributed by atoms with Crippen molar-refractivity contribution < 1.29 is 19.0 Å². The quantitative estimate of drug-likeness (QED) is 0.164. The summed E-state index contributed by atoms with van der Waals surface area (Å²) >= 11 is 0. The van der Waals surface area contributed by atoms with Crippen molar-refractivity contribution in [2.45, 2.75) is 90.1 Å². The molecule has 0 saturated carbocycles. The Bertz CT molecular complexity index is 1220. The zero-order chi connectivity index (χ0) is 30.8. The van der Waals surface area contributed by atoms with E-state index in [1.807, 2.05) is 12.1 Å². The lowest BCUT2D eigenvalue weighted by atomic mass is 9.88. The molecule has 0 aromatic heterocycles. The van der Waals surface area contributed by atoms with E-state index in [4.69, 9.17) is 13.9 Å². The molecule has 1 unspecified atom stereocenters. The first-order valence-electron chi connectivity index (χ1n) is 16.0. The van der Waals surface area contributed by atoms with Crippen LogP contribution in [0.3, 0.4) is 0 Å². The van der Waals surface area contributed by atoms with E-state index in [1.54, 1.807) is 0 Å². The van der Waals surface area contributed by atoms with E-state index < -0.39 is 13.9 Å². The highest BCUT2D eigenvalue weighted by Gasteiger charge is 2.50. The van der Waals surface area contributed by atoms with Crippen molar-refractivity contribution in [3.63, 3.8) is 0 Å². The van der Waals surface area contributed by atoms with Crippen LogP contribution < -0.4 is 10.4 Å². The summed E-state index contributed by atoms with van der Waals surface area (Å²) in [7, 11) is -2.55. The third-order valence-electron chi connectivity index (χ3n) is 9.04. The molecule has 43 heavy (non-hydrogen) atoms. The minimum Gasteiger partial charge on any atom is -0.407 e. The smallest absolute Gasteiger partial charge is 0.261 e. The highest BCUT2D eigenvalue weighted by atomic mass is 28.4. The van der Waals surface area contributed by atoms with Crippen LogP contribution in [-0.2, 0) is 20.5 Å². The van der Waals surface area contributed by atoms with Gasteiger partial charge < -0.3 is 19.0 Å². The van der Waals surface area contributed by atoms with Crippen molar-refractivity contribution in [3.8, 4) is 0 Å². The Morgan fingerprint density at radius 3 is 2.09 bits per heavy atom. The van der Waals surface area contributed by atoms with E-state index >= 15 is 0 Å². The lowest BCUT2D eigenvalue weighted by molar-refractivity contribution is -0.136. The molecule has 1 fully saturated rings. The highest BCUT2D eigenvalue weighted by molar-refractivity contribution is 6.99. The fourth-order valence-electron chi connectivity index (χ4n) is 6.51. The number of aliphatic hydroxyl groups excluding tert-OH is 1. The number of ether oxygens (including phenoxy) is 2. The largest absolute Gasteiger partial charge is 0.407 e. The summed E-state index contributed by atoms with van der Waals surface area (Å²) in [6.07, 6.45) is 6.67. The van der Waals surface area contributed by atoms with E-state index in [0.29, 0.717) is 19.1 Å². The molecule has 0 amide bonds. The maximum absolute atomic E-state index is 9.49. The fraction of sp³-hybridized carbons (Fsp3) is 0.474. The summed E-state index contributed by atoms with van der Waals surface area (Å²) in [5.41, 5.74) is 1.94. The van der Waals surface area contributed by atoms with Crippen molar-refractivity contribution in [2.75, 3.05) is 19.8 Å². The van der Waals surface area contributed by atoms with Crippen LogP contribution in [0.15, 0.2) is 103 Å². The molecule has 0 aliphatic carbocycles. The molecule has 4 rings (SSSR count). The normalized spacial score (nSPS) is 21.4. The van der Waals surface area contributed by atoms with E-state index in [2.05, 4.69) is 120 Å². The number of hydrogen-bond donors (Lipinski definition) is 1. The van der Waals surface area contributed by atoms with Crippen molar-refractivity contribution in [1.29, 1.82) is 0 Å². The van der Waals surface area contributed by atoms with Gasteiger partial charge in [-0.05, 0) is 65.1 Å². The van der Waals surface area contributed by atoms with E-state index in [9.17, 15) is 5.11 Å². The van der Waals surface area contributed by atoms with Gasteiger partial charge in [0.25, 0.3) is 8.32 Å². The monoisotopic (exact) mass is 600 g/mol. The molecule has 3 atom stereocenters. The molecule has 1 N–H and O–H groups in total. The molecule has 1 aliphatic rings. The van der Waals surface area contributed by atoms with Crippen LogP contribution >= 0.6 is 0 Å². The van der Waals surface area contributed by atoms with Crippen LogP contribution in [0.1, 0.15) is 72.3 Å². The van der Waals surface area contributed by atoms with Crippen molar-refractivity contribution in [3.05, 3.63) is 108 Å². The first-order chi connectivity index (χ1) is 20.7. The molecule has 0 radical (unpaired) electrons. The Kier molecular flexibility index (Phi) is 12.0. The summed E-state index contributed by atoms with van der Waals surface area (Å²) in [4.78, 5) is 0. The molecule has 4 nitrogen and oxygen atoms in total. The number of hydrogen-bond acceptors (Lipinski definition) is 4. The standard InChI is InChI=1S/C38H52O4Si/c1-31(28-42-43(37(2,3)4,34-19-11-7-12-20-34)35-21-13-8-14-22-35)16-15-26-38(5)36(24-23-33(25-27-39)30-41-38)40-29-32-17-9-6-10-18-32/h6-14,17-22,25,31,36,39H,15-16,23-24,26-30H2,1-5H3/b33-25-/t31?,36-,38+/m1/s1. The summed E-state index contributed by atoms with van der Waals surface area (Å²) in [6, 6.07) is 32.2. The first-order valence-corrected chi connectivity index (χ1v) is 17.9. The number of benzene rings is 3. The van der Waals surface area contributed by atoms with Crippen LogP contribution in [0.25, 0.3) is 0 Å². The molecule has 0 bridgehead atoms. The van der Waals surface area contributed by atoms with E-state index in [-0.39, 0.29) is 17.7 Å². The Balaban J connectivity index is 1.44. The summed E-state index contributed by atoms with van der Waals surface area (Å²) < 4.78 is 20.3. The van der Waals surface area contributed by atoms with Gasteiger partial charge in [-0.3, -0.25) is 0 Å². The summed E-state index contributed by atoms with van der Waals surface area (Å²) in [5, 5.41) is 12.1. The number of rotatable bonds is 13. The highest BCUT2D eigenvalue weighted by Crippen LogP contribution is 2.38. The van der Waals surface area contributed by atoms with E-state index in [0.717, 1.165) is 44.3 Å². The second-order valence-corrected chi connectivity index (χ2v) is 17.7. The SMILES string of the molecule is CC(CCC[C@]1(C)OC/C(=C\CO)CC[C@H]1OCc1ccccc1)CO[Si](c1ccccc1)(c1ccccc1)C(C)(C)C. The Morgan fingerprint density at radius 1 is 0.953 bits per heavy atom. The Hall–Kier alpha value is -2.54. The van der Waals surface area contributed by atoms with Gasteiger partial charge in [-0.2, -0.15) is 0 Å². The lowest BCUT2D eigenvalue weighted by Gasteiger charge is -2.43. The van der Waals surface area contributed by atoms with Crippen LogP contribution in [0.2, 0.25) is 5.04 Å². The fourth-order valence-corrected chi connectivity index (χ4v) is 11.2. The minimum absolute atomic E-state index is 0.0130. The average molecular weight is 601 g/mol. The second-order valence-electron chi connectivity index (χ2n) is 13.4. The zero-order valence-electron chi connectivity index (χ0n) is 26.9. The molecule has 232 valence electrons. The predicted molar refractivity (Wildman–Crippen MR) is 180 cm³/mol. The van der Waals surface area contributed by atoms with Crippen LogP contribution in [0, 0.1) is 5.92 Å². The molecule has 1 heterocycles. The van der Waals surface area contributed by atoms with Gasteiger partial charge in [-0.15, -0.1) is 0 Å². The van der Waals surface area contributed by atoms with Crippen LogP contribution in [-0.4, -0.2) is 44.9 Å². The lowest BCUT2D eigenvalue weighted by Crippen LogP contribution is -2.66. The maximum Gasteiger partial charge on any atom is 0.261 e. The van der Waals surface area contributed by atoms with Gasteiger partial charge in [0.05, 0.1) is 31.5 Å². The van der Waals surface area contributed by atoms with Gasteiger partial charge in [0, 0.05) is 6.61 Å². The average Bonchev–Trinajstić information content (AvgIpc) is 3.16. The molecule has 1 aliphatic heterocycles. The first kappa shape index (κ1) is 33.4. The molecular weight excluding hydrogens is 549 g/mol. The molecule has 1 saturated heterocycles. The summed E-state index contributed by atoms with van der Waals surface area (Å²) in [5.74, 6) is 0.407. The molecule has 5 heteroatoms. The summed E-state index contributed by atoms with van der Waals surface area (Å²) in [6.45, 7) is 13.4. The number of aliphatic hydroxyl groups is 1. The van der Waals surface area contributed by atoms with Gasteiger partial charge >= 0.3 is 0 Å². The maximum atomic E-state index is 9.49.